The molecule has 0 N–H and O–H groups in total. The van der Waals surface area contributed by atoms with E-state index in [0.717, 1.165) is 44.4 Å². The molecule has 0 unspecified atom stereocenters. The first-order valence-electron chi connectivity index (χ1n) is 10.3. The van der Waals surface area contributed by atoms with Crippen LogP contribution in [0.3, 0.4) is 0 Å². The lowest BCUT2D eigenvalue weighted by Gasteiger charge is -2.11. The Morgan fingerprint density at radius 2 is 1.74 bits per heavy atom. The van der Waals surface area contributed by atoms with Crippen LogP contribution in [0.5, 0.6) is 0 Å². The zero-order chi connectivity index (χ0) is 21.7. The molecule has 0 saturated heterocycles. The molecule has 5 aromatic rings. The molecule has 0 amide bonds. The molecule has 4 aromatic heterocycles. The van der Waals surface area contributed by atoms with E-state index in [2.05, 4.69) is 55.0 Å². The van der Waals surface area contributed by atoms with Gasteiger partial charge in [0.15, 0.2) is 5.65 Å². The van der Waals surface area contributed by atoms with Crippen LogP contribution in [-0.2, 0) is 6.42 Å². The molecule has 0 atom stereocenters. The van der Waals surface area contributed by atoms with Crippen molar-refractivity contribution in [3.05, 3.63) is 93.6 Å². The number of thiophene rings is 1. The lowest BCUT2D eigenvalue weighted by molar-refractivity contribution is 0.626. The molecule has 0 fully saturated rings. The molecule has 0 saturated carbocycles. The zero-order valence-corrected chi connectivity index (χ0v) is 18.8. The number of rotatable bonds is 4. The Hall–Kier alpha value is -3.25. The molecule has 5 rings (SSSR count). The molecule has 4 nitrogen and oxygen atoms in total. The molecule has 156 valence electrons. The molecule has 6 heteroatoms. The van der Waals surface area contributed by atoms with Gasteiger partial charge in [0, 0.05) is 35.3 Å². The second kappa shape index (κ2) is 7.46. The van der Waals surface area contributed by atoms with Gasteiger partial charge in [-0.3, -0.25) is 0 Å². The lowest BCUT2D eigenvalue weighted by Crippen LogP contribution is -2.06. The molecule has 4 heterocycles. The van der Waals surface area contributed by atoms with Crippen molar-refractivity contribution in [2.75, 3.05) is 0 Å². The highest BCUT2D eigenvalue weighted by Crippen LogP contribution is 2.34. The fourth-order valence-corrected chi connectivity index (χ4v) is 5.10. The van der Waals surface area contributed by atoms with Gasteiger partial charge in [0.1, 0.15) is 11.5 Å². The van der Waals surface area contributed by atoms with Crippen LogP contribution in [0, 0.1) is 33.5 Å². The third-order valence-electron chi connectivity index (χ3n) is 5.82. The van der Waals surface area contributed by atoms with Gasteiger partial charge in [0.25, 0.3) is 0 Å². The summed E-state index contributed by atoms with van der Waals surface area (Å²) < 4.78 is 17.8. The van der Waals surface area contributed by atoms with Gasteiger partial charge in [0.2, 0.25) is 0 Å². The van der Waals surface area contributed by atoms with Crippen molar-refractivity contribution in [2.45, 2.75) is 34.1 Å². The molecule has 0 aliphatic heterocycles. The van der Waals surface area contributed by atoms with Crippen molar-refractivity contribution in [1.82, 2.24) is 19.2 Å². The first-order chi connectivity index (χ1) is 14.9. The van der Waals surface area contributed by atoms with Gasteiger partial charge in [-0.1, -0.05) is 12.1 Å². The number of aryl methyl sites for hydroxylation is 4. The van der Waals surface area contributed by atoms with Crippen LogP contribution in [-0.4, -0.2) is 19.2 Å². The summed E-state index contributed by atoms with van der Waals surface area (Å²) in [7, 11) is 0. The molecular formula is C25H23FN4S. The second-order valence-corrected chi connectivity index (χ2v) is 8.87. The number of halogens is 1. The number of hydrogen-bond donors (Lipinski definition) is 0. The summed E-state index contributed by atoms with van der Waals surface area (Å²) in [5, 5.41) is 7.03. The quantitative estimate of drug-likeness (QED) is 0.340. The van der Waals surface area contributed by atoms with Gasteiger partial charge >= 0.3 is 0 Å². The number of benzene rings is 1. The van der Waals surface area contributed by atoms with Crippen LogP contribution in [0.4, 0.5) is 4.39 Å². The minimum atomic E-state index is -0.218. The maximum atomic E-state index is 13.7. The van der Waals surface area contributed by atoms with E-state index in [-0.39, 0.29) is 5.82 Å². The molecule has 0 bridgehead atoms. The predicted molar refractivity (Wildman–Crippen MR) is 124 cm³/mol. The Kier molecular flexibility index (Phi) is 4.74. The van der Waals surface area contributed by atoms with E-state index in [4.69, 9.17) is 10.1 Å². The average molecular weight is 431 g/mol. The van der Waals surface area contributed by atoms with Crippen molar-refractivity contribution in [2.24, 2.45) is 0 Å². The predicted octanol–water partition coefficient (Wildman–Crippen LogP) is 6.21. The topological polar surface area (TPSA) is 35.1 Å². The standard InChI is InChI=1S/C25H23FN4S/c1-15-8-9-16(2)29(15)23-10-11-31-25(23)22-14-24-27-17(3)21(18(4)30(24)28-22)13-19-6-5-7-20(26)12-19/h5-12,14H,13H2,1-4H3. The molecule has 0 aliphatic carbocycles. The zero-order valence-electron chi connectivity index (χ0n) is 18.0. The fraction of sp³-hybridized carbons (Fsp3) is 0.200. The normalized spacial score (nSPS) is 11.5. The first kappa shape index (κ1) is 19.7. The van der Waals surface area contributed by atoms with E-state index >= 15 is 0 Å². The smallest absolute Gasteiger partial charge is 0.156 e. The highest BCUT2D eigenvalue weighted by molar-refractivity contribution is 7.14. The fourth-order valence-electron chi connectivity index (χ4n) is 4.26. The second-order valence-electron chi connectivity index (χ2n) is 7.95. The minimum absolute atomic E-state index is 0.218. The first-order valence-corrected chi connectivity index (χ1v) is 11.1. The summed E-state index contributed by atoms with van der Waals surface area (Å²) >= 11 is 1.69. The van der Waals surface area contributed by atoms with Crippen LogP contribution in [0.2, 0.25) is 0 Å². The summed E-state index contributed by atoms with van der Waals surface area (Å²) in [4.78, 5) is 5.94. The third-order valence-corrected chi connectivity index (χ3v) is 6.75. The van der Waals surface area contributed by atoms with Crippen LogP contribution >= 0.6 is 11.3 Å². The van der Waals surface area contributed by atoms with Crippen molar-refractivity contribution in [3.63, 3.8) is 0 Å². The monoisotopic (exact) mass is 430 g/mol. The number of fused-ring (bicyclic) bond motifs is 1. The Labute approximate surface area is 184 Å². The highest BCUT2D eigenvalue weighted by Gasteiger charge is 2.18. The summed E-state index contributed by atoms with van der Waals surface area (Å²) in [6.45, 7) is 8.30. The van der Waals surface area contributed by atoms with Gasteiger partial charge in [-0.2, -0.15) is 5.10 Å². The Morgan fingerprint density at radius 3 is 2.48 bits per heavy atom. The maximum Gasteiger partial charge on any atom is 0.156 e. The Morgan fingerprint density at radius 1 is 0.968 bits per heavy atom. The van der Waals surface area contributed by atoms with Crippen molar-refractivity contribution in [1.29, 1.82) is 0 Å². The molecule has 0 spiro atoms. The maximum absolute atomic E-state index is 13.7. The summed E-state index contributed by atoms with van der Waals surface area (Å²) in [5.41, 5.74) is 9.27. The third kappa shape index (κ3) is 3.37. The van der Waals surface area contributed by atoms with Gasteiger partial charge in [-0.15, -0.1) is 11.3 Å². The average Bonchev–Trinajstić information content (AvgIpc) is 3.44. The number of hydrogen-bond acceptors (Lipinski definition) is 3. The summed E-state index contributed by atoms with van der Waals surface area (Å²) in [5.74, 6) is -0.218. The van der Waals surface area contributed by atoms with Crippen molar-refractivity contribution in [3.8, 4) is 16.3 Å². The van der Waals surface area contributed by atoms with E-state index in [1.807, 2.05) is 17.5 Å². The van der Waals surface area contributed by atoms with Gasteiger partial charge < -0.3 is 4.57 Å². The Balaban J connectivity index is 1.61. The van der Waals surface area contributed by atoms with Crippen LogP contribution in [0.25, 0.3) is 21.9 Å². The largest absolute Gasteiger partial charge is 0.317 e. The highest BCUT2D eigenvalue weighted by atomic mass is 32.1. The van der Waals surface area contributed by atoms with E-state index in [9.17, 15) is 4.39 Å². The van der Waals surface area contributed by atoms with Gasteiger partial charge in [-0.25, -0.2) is 13.9 Å². The van der Waals surface area contributed by atoms with E-state index < -0.39 is 0 Å². The SMILES string of the molecule is Cc1nc2cc(-c3sccc3-n3c(C)ccc3C)nn2c(C)c1Cc1cccc(F)c1. The van der Waals surface area contributed by atoms with Gasteiger partial charge in [-0.05, 0) is 74.5 Å². The molecule has 0 aliphatic rings. The number of nitrogens with zero attached hydrogens (tertiary/aromatic N) is 4. The molecule has 31 heavy (non-hydrogen) atoms. The molecule has 1 aromatic carbocycles. The Bertz CT molecular complexity index is 1400. The molecular weight excluding hydrogens is 407 g/mol. The summed E-state index contributed by atoms with van der Waals surface area (Å²) in [6.07, 6.45) is 0.625. The van der Waals surface area contributed by atoms with Gasteiger partial charge in [0.05, 0.1) is 10.6 Å². The van der Waals surface area contributed by atoms with Crippen LogP contribution in [0.1, 0.15) is 33.9 Å². The minimum Gasteiger partial charge on any atom is -0.317 e. The van der Waals surface area contributed by atoms with E-state index in [0.29, 0.717) is 6.42 Å². The van der Waals surface area contributed by atoms with Crippen LogP contribution < -0.4 is 0 Å². The van der Waals surface area contributed by atoms with Crippen LogP contribution in [0.15, 0.2) is 53.9 Å². The van der Waals surface area contributed by atoms with Crippen molar-refractivity contribution < 1.29 is 4.39 Å². The van der Waals surface area contributed by atoms with E-state index in [1.165, 1.54) is 17.5 Å². The summed E-state index contributed by atoms with van der Waals surface area (Å²) in [6, 6.07) is 15.2. The molecule has 0 radical (unpaired) electrons. The lowest BCUT2D eigenvalue weighted by atomic mass is 10.0. The van der Waals surface area contributed by atoms with Crippen molar-refractivity contribution >= 4 is 17.0 Å². The number of aromatic nitrogens is 4. The van der Waals surface area contributed by atoms with E-state index in [1.54, 1.807) is 23.5 Å².